The molecule has 0 aromatic carbocycles. The SMILES string of the molecule is CSNC(C)(C)CCOC(C)(C)CS(=O)(=O)N(C)CC(C)(C)COCC(C)(C)CC(C)=O. The molecule has 0 amide bonds. The first-order valence-corrected chi connectivity index (χ1v) is 14.0. The molecular formula is C23H48N2O5S2. The Morgan fingerprint density at radius 1 is 1.00 bits per heavy atom. The zero-order valence-corrected chi connectivity index (χ0v) is 23.9. The first-order chi connectivity index (χ1) is 14.2. The summed E-state index contributed by atoms with van der Waals surface area (Å²) in [5, 5.41) is 0. The quantitative estimate of drug-likeness (QED) is 0.303. The summed E-state index contributed by atoms with van der Waals surface area (Å²) in [4.78, 5) is 11.4. The lowest BCUT2D eigenvalue weighted by molar-refractivity contribution is -0.120. The topological polar surface area (TPSA) is 84.9 Å². The molecule has 7 nitrogen and oxygen atoms in total. The Kier molecular flexibility index (Phi) is 12.4. The van der Waals surface area contributed by atoms with Gasteiger partial charge in [0.2, 0.25) is 10.0 Å². The standard InChI is InChI=1S/C23H48N2O5S2/c1-19(26)14-20(2,3)16-29-17-21(4,5)15-25(10)32(27,28)18-23(8,9)30-13-12-22(6,7)24-31-11/h24H,12-18H2,1-11H3. The molecule has 0 fully saturated rings. The van der Waals surface area contributed by atoms with Crippen molar-refractivity contribution in [3.05, 3.63) is 0 Å². The molecule has 1 N–H and O–H groups in total. The second kappa shape index (κ2) is 12.5. The first kappa shape index (κ1) is 31.8. The van der Waals surface area contributed by atoms with E-state index in [1.165, 1.54) is 4.31 Å². The van der Waals surface area contributed by atoms with E-state index in [1.54, 1.807) is 25.9 Å². The van der Waals surface area contributed by atoms with Crippen molar-refractivity contribution in [1.82, 2.24) is 9.03 Å². The molecule has 0 saturated heterocycles. The molecule has 0 bridgehead atoms. The molecule has 0 aliphatic heterocycles. The number of nitrogens with one attached hydrogen (secondary N) is 1. The number of rotatable bonds is 17. The van der Waals surface area contributed by atoms with Crippen LogP contribution in [0.3, 0.4) is 0 Å². The molecule has 32 heavy (non-hydrogen) atoms. The number of carbonyl (C=O) groups is 1. The lowest BCUT2D eigenvalue weighted by Crippen LogP contribution is -2.45. The maximum atomic E-state index is 13.0. The zero-order chi connectivity index (χ0) is 25.4. The molecule has 0 heterocycles. The second-order valence-corrected chi connectivity index (χ2v) is 14.4. The Hall–Kier alpha value is -0.190. The Morgan fingerprint density at radius 3 is 2.03 bits per heavy atom. The van der Waals surface area contributed by atoms with Crippen molar-refractivity contribution in [2.75, 3.05) is 45.4 Å². The lowest BCUT2D eigenvalue weighted by Gasteiger charge is -2.34. The Labute approximate surface area is 201 Å². The highest BCUT2D eigenvalue weighted by atomic mass is 32.2. The molecule has 0 aromatic heterocycles. The summed E-state index contributed by atoms with van der Waals surface area (Å²) in [6, 6.07) is 0. The highest BCUT2D eigenvalue weighted by molar-refractivity contribution is 7.96. The monoisotopic (exact) mass is 496 g/mol. The van der Waals surface area contributed by atoms with Gasteiger partial charge in [-0.1, -0.05) is 39.6 Å². The first-order valence-electron chi connectivity index (χ1n) is 11.2. The predicted molar refractivity (Wildman–Crippen MR) is 135 cm³/mol. The molecule has 0 atom stereocenters. The van der Waals surface area contributed by atoms with Gasteiger partial charge in [-0.05, 0) is 52.7 Å². The Morgan fingerprint density at radius 2 is 1.53 bits per heavy atom. The minimum Gasteiger partial charge on any atom is -0.380 e. The summed E-state index contributed by atoms with van der Waals surface area (Å²) < 4.78 is 42.5. The third kappa shape index (κ3) is 14.2. The number of carbonyl (C=O) groups excluding carboxylic acids is 1. The van der Waals surface area contributed by atoms with Crippen molar-refractivity contribution in [3.8, 4) is 0 Å². The summed E-state index contributed by atoms with van der Waals surface area (Å²) in [5.41, 5.74) is -1.48. The molecule has 0 spiro atoms. The summed E-state index contributed by atoms with van der Waals surface area (Å²) in [6.07, 6.45) is 3.22. The number of ketones is 1. The highest BCUT2D eigenvalue weighted by Gasteiger charge is 2.34. The molecular weight excluding hydrogens is 448 g/mol. The van der Waals surface area contributed by atoms with Crippen molar-refractivity contribution >= 4 is 27.8 Å². The van der Waals surface area contributed by atoms with Gasteiger partial charge in [-0.15, -0.1) is 0 Å². The van der Waals surface area contributed by atoms with Gasteiger partial charge in [0.25, 0.3) is 0 Å². The fourth-order valence-corrected chi connectivity index (χ4v) is 5.96. The van der Waals surface area contributed by atoms with E-state index in [0.29, 0.717) is 32.8 Å². The molecule has 0 aromatic rings. The van der Waals surface area contributed by atoms with Crippen LogP contribution in [0.4, 0.5) is 0 Å². The largest absolute Gasteiger partial charge is 0.380 e. The van der Waals surface area contributed by atoms with Crippen molar-refractivity contribution in [3.63, 3.8) is 0 Å². The van der Waals surface area contributed by atoms with Gasteiger partial charge in [-0.25, -0.2) is 12.7 Å². The molecule has 0 aliphatic rings. The van der Waals surface area contributed by atoms with Crippen LogP contribution in [-0.2, 0) is 24.3 Å². The molecule has 0 radical (unpaired) electrons. The fraction of sp³-hybridized carbons (Fsp3) is 0.957. The van der Waals surface area contributed by atoms with Gasteiger partial charge in [-0.3, -0.25) is 4.72 Å². The third-order valence-electron chi connectivity index (χ3n) is 4.97. The van der Waals surface area contributed by atoms with Gasteiger partial charge in [0, 0.05) is 37.6 Å². The summed E-state index contributed by atoms with van der Waals surface area (Å²) >= 11 is 1.56. The van der Waals surface area contributed by atoms with Crippen LogP contribution in [0, 0.1) is 10.8 Å². The number of hydrogen-bond donors (Lipinski definition) is 1. The molecule has 0 aliphatic carbocycles. The molecule has 192 valence electrons. The van der Waals surface area contributed by atoms with Crippen molar-refractivity contribution in [2.24, 2.45) is 10.8 Å². The van der Waals surface area contributed by atoms with Crippen molar-refractivity contribution in [2.45, 2.75) is 86.3 Å². The van der Waals surface area contributed by atoms with E-state index in [1.807, 2.05) is 47.8 Å². The van der Waals surface area contributed by atoms with Crippen LogP contribution in [0.2, 0.25) is 0 Å². The van der Waals surface area contributed by atoms with Crippen LogP contribution in [0.15, 0.2) is 0 Å². The molecule has 0 unspecified atom stereocenters. The summed E-state index contributed by atoms with van der Waals surface area (Å²) in [6.45, 7) is 19.0. The van der Waals surface area contributed by atoms with Crippen LogP contribution in [0.25, 0.3) is 0 Å². The zero-order valence-electron chi connectivity index (χ0n) is 22.3. The Balaban J connectivity index is 4.77. The fourth-order valence-electron chi connectivity index (χ4n) is 3.58. The van der Waals surface area contributed by atoms with Gasteiger partial charge < -0.3 is 14.3 Å². The normalized spacial score (nSPS) is 14.2. The summed E-state index contributed by atoms with van der Waals surface area (Å²) in [5.74, 6) is 0.0488. The van der Waals surface area contributed by atoms with E-state index in [2.05, 4.69) is 18.6 Å². The minimum atomic E-state index is -3.51. The summed E-state index contributed by atoms with van der Waals surface area (Å²) in [7, 11) is -1.90. The van der Waals surface area contributed by atoms with Gasteiger partial charge in [0.1, 0.15) is 5.78 Å². The van der Waals surface area contributed by atoms with Crippen LogP contribution < -0.4 is 4.72 Å². The Bertz CT molecular complexity index is 689. The van der Waals surface area contributed by atoms with Crippen LogP contribution >= 0.6 is 11.9 Å². The molecule has 0 saturated carbocycles. The number of hydrogen-bond acceptors (Lipinski definition) is 7. The van der Waals surface area contributed by atoms with E-state index in [9.17, 15) is 13.2 Å². The minimum absolute atomic E-state index is 0.0878. The van der Waals surface area contributed by atoms with Gasteiger partial charge in [0.05, 0.1) is 24.6 Å². The van der Waals surface area contributed by atoms with Gasteiger partial charge in [-0.2, -0.15) is 0 Å². The molecule has 9 heteroatoms. The number of Topliss-reactive ketones (excluding diaryl/α,β-unsaturated/α-hetero) is 1. The van der Waals surface area contributed by atoms with E-state index < -0.39 is 15.6 Å². The average Bonchev–Trinajstić information content (AvgIpc) is 2.50. The van der Waals surface area contributed by atoms with Gasteiger partial charge >= 0.3 is 0 Å². The third-order valence-corrected chi connectivity index (χ3v) is 7.86. The number of ether oxygens (including phenoxy) is 2. The van der Waals surface area contributed by atoms with Crippen LogP contribution in [0.1, 0.15) is 75.2 Å². The van der Waals surface area contributed by atoms with Crippen LogP contribution in [-0.4, -0.2) is 75.1 Å². The van der Waals surface area contributed by atoms with E-state index >= 15 is 0 Å². The van der Waals surface area contributed by atoms with Gasteiger partial charge in [0.15, 0.2) is 0 Å². The van der Waals surface area contributed by atoms with E-state index in [-0.39, 0.29) is 27.9 Å². The number of nitrogens with zero attached hydrogens (tertiary/aromatic N) is 1. The van der Waals surface area contributed by atoms with Crippen LogP contribution in [0.5, 0.6) is 0 Å². The average molecular weight is 497 g/mol. The van der Waals surface area contributed by atoms with Crippen molar-refractivity contribution < 1.29 is 22.7 Å². The lowest BCUT2D eigenvalue weighted by atomic mass is 9.88. The maximum absolute atomic E-state index is 13.0. The maximum Gasteiger partial charge on any atom is 0.216 e. The predicted octanol–water partition coefficient (Wildman–Crippen LogP) is 4.13. The van der Waals surface area contributed by atoms with Crippen molar-refractivity contribution in [1.29, 1.82) is 0 Å². The smallest absolute Gasteiger partial charge is 0.216 e. The molecule has 0 rings (SSSR count). The van der Waals surface area contributed by atoms with E-state index in [4.69, 9.17) is 9.47 Å². The second-order valence-electron chi connectivity index (χ2n) is 11.8. The highest BCUT2D eigenvalue weighted by Crippen LogP contribution is 2.25. The number of sulfonamides is 1. The van der Waals surface area contributed by atoms with E-state index in [0.717, 1.165) is 6.42 Å².